The summed E-state index contributed by atoms with van der Waals surface area (Å²) in [6.07, 6.45) is 5.23. The van der Waals surface area contributed by atoms with E-state index in [0.717, 1.165) is 49.4 Å². The number of carbonyl (C=O) groups is 1. The number of amides is 1. The normalized spacial score (nSPS) is 14.8. The molecule has 2 aromatic carbocycles. The number of carbonyl (C=O) groups excluding carboxylic acids is 1. The quantitative estimate of drug-likeness (QED) is 0.344. The lowest BCUT2D eigenvalue weighted by Gasteiger charge is -2.32. The van der Waals surface area contributed by atoms with E-state index in [0.29, 0.717) is 30.2 Å². The maximum atomic E-state index is 13.2. The summed E-state index contributed by atoms with van der Waals surface area (Å²) in [4.78, 5) is 22.5. The summed E-state index contributed by atoms with van der Waals surface area (Å²) < 4.78 is 9.71. The lowest BCUT2D eigenvalue weighted by Crippen LogP contribution is -2.45. The highest BCUT2D eigenvalue weighted by molar-refractivity contribution is 6.08. The largest absolute Gasteiger partial charge is 0.492 e. The van der Waals surface area contributed by atoms with Crippen molar-refractivity contribution in [2.45, 2.75) is 6.54 Å². The fourth-order valence-corrected chi connectivity index (χ4v) is 4.86. The summed E-state index contributed by atoms with van der Waals surface area (Å²) >= 11 is 0. The van der Waals surface area contributed by atoms with Crippen LogP contribution in [0.15, 0.2) is 79.3 Å². The second-order valence-corrected chi connectivity index (χ2v) is 9.71. The Balaban J connectivity index is 1.13. The molecule has 194 valence electrons. The number of pyridine rings is 1. The molecular formula is C29H31N7O2. The number of aromatic nitrogens is 4. The molecular weight excluding hydrogens is 478 g/mol. The Morgan fingerprint density at radius 1 is 1.00 bits per heavy atom. The summed E-state index contributed by atoms with van der Waals surface area (Å²) in [5.41, 5.74) is 3.97. The predicted molar refractivity (Wildman–Crippen MR) is 148 cm³/mol. The summed E-state index contributed by atoms with van der Waals surface area (Å²) in [7, 11) is 2.16. The van der Waals surface area contributed by atoms with Gasteiger partial charge in [-0.2, -0.15) is 5.10 Å². The van der Waals surface area contributed by atoms with Gasteiger partial charge in [0.2, 0.25) is 0 Å². The average molecular weight is 510 g/mol. The molecule has 0 bridgehead atoms. The first-order valence-electron chi connectivity index (χ1n) is 12.9. The van der Waals surface area contributed by atoms with Crippen LogP contribution in [0.3, 0.4) is 0 Å². The van der Waals surface area contributed by atoms with E-state index >= 15 is 0 Å². The van der Waals surface area contributed by atoms with E-state index < -0.39 is 0 Å². The Bertz CT molecular complexity index is 1550. The molecule has 4 heterocycles. The molecule has 0 saturated carbocycles. The number of hydrogen-bond acceptors (Lipinski definition) is 6. The van der Waals surface area contributed by atoms with E-state index in [1.807, 2.05) is 59.4 Å². The maximum Gasteiger partial charge on any atom is 0.274 e. The Labute approximate surface area is 221 Å². The van der Waals surface area contributed by atoms with Crippen molar-refractivity contribution in [3.05, 3.63) is 90.5 Å². The third-order valence-electron chi connectivity index (χ3n) is 7.10. The third kappa shape index (κ3) is 5.11. The molecule has 1 amide bonds. The van der Waals surface area contributed by atoms with Crippen molar-refractivity contribution in [1.82, 2.24) is 29.0 Å². The zero-order valence-corrected chi connectivity index (χ0v) is 21.5. The Hall–Kier alpha value is -4.21. The number of benzene rings is 2. The second-order valence-electron chi connectivity index (χ2n) is 9.71. The molecule has 0 atom stereocenters. The summed E-state index contributed by atoms with van der Waals surface area (Å²) in [6.45, 7) is 6.50. The molecule has 9 heteroatoms. The second kappa shape index (κ2) is 10.6. The maximum absolute atomic E-state index is 13.2. The van der Waals surface area contributed by atoms with Gasteiger partial charge in [0.25, 0.3) is 5.91 Å². The molecule has 38 heavy (non-hydrogen) atoms. The zero-order chi connectivity index (χ0) is 25.9. The highest BCUT2D eigenvalue weighted by Crippen LogP contribution is 2.25. The number of nitrogens with zero attached hydrogens (tertiary/aromatic N) is 6. The number of imidazole rings is 1. The number of fused-ring (bicyclic) bond motifs is 2. The van der Waals surface area contributed by atoms with Gasteiger partial charge in [-0.3, -0.25) is 18.8 Å². The number of rotatable bonds is 8. The zero-order valence-electron chi connectivity index (χ0n) is 21.5. The Morgan fingerprint density at radius 3 is 2.68 bits per heavy atom. The number of hydrogen-bond donors (Lipinski definition) is 1. The number of piperazine rings is 1. The van der Waals surface area contributed by atoms with Crippen molar-refractivity contribution >= 4 is 28.1 Å². The van der Waals surface area contributed by atoms with Gasteiger partial charge in [-0.15, -0.1) is 0 Å². The van der Waals surface area contributed by atoms with Crippen molar-refractivity contribution in [3.63, 3.8) is 0 Å². The fourth-order valence-electron chi connectivity index (χ4n) is 4.86. The minimum absolute atomic E-state index is 0.232. The Morgan fingerprint density at radius 2 is 1.84 bits per heavy atom. The van der Waals surface area contributed by atoms with Crippen molar-refractivity contribution in [3.8, 4) is 5.75 Å². The summed E-state index contributed by atoms with van der Waals surface area (Å²) in [5.74, 6) is 0.518. The predicted octanol–water partition coefficient (Wildman–Crippen LogP) is 3.61. The van der Waals surface area contributed by atoms with Gasteiger partial charge in [-0.25, -0.2) is 4.98 Å². The van der Waals surface area contributed by atoms with Crippen LogP contribution in [0.5, 0.6) is 5.75 Å². The molecule has 1 aliphatic rings. The number of nitrogens with one attached hydrogen (secondary N) is 1. The van der Waals surface area contributed by atoms with E-state index in [1.165, 1.54) is 5.56 Å². The standard InChI is InChI=1S/C29H31N7O2/c1-33-12-14-34(15-13-33)16-17-38-23-10-11-35-27(20-30-28(35)18-23)29(37)32-25-8-5-9-26-24(25)19-31-36(26)21-22-6-3-2-4-7-22/h2-11,18-20H,12-17,21H2,1H3,(H,32,37). The molecule has 1 N–H and O–H groups in total. The molecule has 0 radical (unpaired) electrons. The molecule has 1 aliphatic heterocycles. The van der Waals surface area contributed by atoms with E-state index in [1.54, 1.807) is 16.8 Å². The molecule has 5 aromatic rings. The minimum atomic E-state index is -0.232. The van der Waals surface area contributed by atoms with Gasteiger partial charge in [0.05, 0.1) is 30.1 Å². The first kappa shape index (κ1) is 24.1. The van der Waals surface area contributed by atoms with Gasteiger partial charge >= 0.3 is 0 Å². The van der Waals surface area contributed by atoms with Gasteiger partial charge in [0.1, 0.15) is 23.7 Å². The van der Waals surface area contributed by atoms with Crippen LogP contribution in [0.4, 0.5) is 5.69 Å². The van der Waals surface area contributed by atoms with Crippen molar-refractivity contribution in [2.75, 3.05) is 51.7 Å². The van der Waals surface area contributed by atoms with Crippen LogP contribution in [0.2, 0.25) is 0 Å². The highest BCUT2D eigenvalue weighted by atomic mass is 16.5. The first-order chi connectivity index (χ1) is 18.6. The van der Waals surface area contributed by atoms with Crippen LogP contribution >= 0.6 is 0 Å². The SMILES string of the molecule is CN1CCN(CCOc2ccn3c(C(=O)Nc4cccc5c4cnn5Cc4ccccc4)cnc3c2)CC1. The van der Waals surface area contributed by atoms with Crippen LogP contribution < -0.4 is 10.1 Å². The van der Waals surface area contributed by atoms with Crippen molar-refractivity contribution < 1.29 is 9.53 Å². The number of likely N-dealkylation sites (N-methyl/N-ethyl adjacent to an activating group) is 1. The molecule has 1 fully saturated rings. The average Bonchev–Trinajstić information content (AvgIpc) is 3.55. The van der Waals surface area contributed by atoms with Crippen LogP contribution in [-0.2, 0) is 6.54 Å². The number of anilines is 1. The van der Waals surface area contributed by atoms with E-state index in [2.05, 4.69) is 44.4 Å². The van der Waals surface area contributed by atoms with E-state index in [-0.39, 0.29) is 5.91 Å². The van der Waals surface area contributed by atoms with Gasteiger partial charge in [-0.05, 0) is 30.8 Å². The monoisotopic (exact) mass is 509 g/mol. The van der Waals surface area contributed by atoms with E-state index in [9.17, 15) is 4.79 Å². The number of ether oxygens (including phenoxy) is 1. The lowest BCUT2D eigenvalue weighted by molar-refractivity contribution is 0.102. The molecule has 0 spiro atoms. The Kier molecular flexibility index (Phi) is 6.76. The molecule has 9 nitrogen and oxygen atoms in total. The smallest absolute Gasteiger partial charge is 0.274 e. The third-order valence-corrected chi connectivity index (χ3v) is 7.10. The van der Waals surface area contributed by atoms with Crippen LogP contribution in [0.1, 0.15) is 16.1 Å². The molecule has 0 unspecified atom stereocenters. The lowest BCUT2D eigenvalue weighted by atomic mass is 10.2. The van der Waals surface area contributed by atoms with Gasteiger partial charge < -0.3 is 15.0 Å². The fraction of sp³-hybridized carbons (Fsp3) is 0.276. The van der Waals surface area contributed by atoms with Gasteiger partial charge in [0.15, 0.2) is 0 Å². The highest BCUT2D eigenvalue weighted by Gasteiger charge is 2.16. The first-order valence-corrected chi connectivity index (χ1v) is 12.9. The molecule has 1 saturated heterocycles. The summed E-state index contributed by atoms with van der Waals surface area (Å²) in [6, 6.07) is 19.8. The molecule has 0 aliphatic carbocycles. The van der Waals surface area contributed by atoms with Crippen LogP contribution in [0.25, 0.3) is 16.6 Å². The van der Waals surface area contributed by atoms with Crippen LogP contribution in [-0.4, -0.2) is 81.3 Å². The van der Waals surface area contributed by atoms with Crippen LogP contribution in [0, 0.1) is 0 Å². The van der Waals surface area contributed by atoms with E-state index in [4.69, 9.17) is 4.74 Å². The molecule has 3 aromatic heterocycles. The van der Waals surface area contributed by atoms with Crippen molar-refractivity contribution in [1.29, 1.82) is 0 Å². The minimum Gasteiger partial charge on any atom is -0.492 e. The summed E-state index contributed by atoms with van der Waals surface area (Å²) in [5, 5.41) is 8.51. The molecule has 6 rings (SSSR count). The van der Waals surface area contributed by atoms with Crippen molar-refractivity contribution in [2.24, 2.45) is 0 Å². The topological polar surface area (TPSA) is 79.9 Å². The van der Waals surface area contributed by atoms with Gasteiger partial charge in [0, 0.05) is 50.4 Å². The van der Waals surface area contributed by atoms with Gasteiger partial charge in [-0.1, -0.05) is 36.4 Å².